The summed E-state index contributed by atoms with van der Waals surface area (Å²) in [4.78, 5) is 37.3. The van der Waals surface area contributed by atoms with Crippen molar-refractivity contribution in [2.75, 3.05) is 47.5 Å². The standard InChI is InChI=1S/C60H102NO8P/c1-6-8-10-12-13-14-15-16-17-18-19-20-21-22-23-24-25-26-27-28-29-30-31-32-33-34-35-36-37-38-39-40-41-42-43-44-45-46-47-49-51-53-60(63)69-58(56-66-59(62)52-50-48-11-9-7-2)57-68-70(64,65)67-55-54-61(3,4)5/h8,10,13-14,16-17,19-20,22-23,25-26,28-29,31-32,34-35,58H,6-7,9,11-12,15,18,21,24,27,30,33,36-57H2,1-5H3/b10-8-,14-13-,17-16-,20-19-,23-22-,26-25-,29-28-,32-31-,35-34-. The van der Waals surface area contributed by atoms with Crippen LogP contribution in [0.1, 0.15) is 206 Å². The molecule has 2 atom stereocenters. The number of rotatable bonds is 49. The van der Waals surface area contributed by atoms with Gasteiger partial charge in [-0.15, -0.1) is 0 Å². The van der Waals surface area contributed by atoms with Crippen LogP contribution in [0.2, 0.25) is 0 Å². The predicted molar refractivity (Wildman–Crippen MR) is 295 cm³/mol. The van der Waals surface area contributed by atoms with Crippen molar-refractivity contribution < 1.29 is 42.1 Å². The molecule has 0 fully saturated rings. The van der Waals surface area contributed by atoms with Gasteiger partial charge in [-0.25, -0.2) is 0 Å². The van der Waals surface area contributed by atoms with Crippen LogP contribution in [0.15, 0.2) is 109 Å². The summed E-state index contributed by atoms with van der Waals surface area (Å²) < 4.78 is 33.7. The highest BCUT2D eigenvalue weighted by molar-refractivity contribution is 7.45. The van der Waals surface area contributed by atoms with E-state index in [9.17, 15) is 19.0 Å². The Morgan fingerprint density at radius 2 is 0.814 bits per heavy atom. The second-order valence-electron chi connectivity index (χ2n) is 19.2. The molecule has 70 heavy (non-hydrogen) atoms. The fourth-order valence-electron chi connectivity index (χ4n) is 7.06. The molecule has 2 unspecified atom stereocenters. The van der Waals surface area contributed by atoms with Crippen LogP contribution in [-0.4, -0.2) is 70.0 Å². The molecule has 0 aromatic carbocycles. The van der Waals surface area contributed by atoms with Crippen molar-refractivity contribution in [3.05, 3.63) is 109 Å². The Morgan fingerprint density at radius 1 is 0.457 bits per heavy atom. The Bertz CT molecular complexity index is 1550. The average Bonchev–Trinajstić information content (AvgIpc) is 3.32. The zero-order chi connectivity index (χ0) is 51.3. The molecule has 10 heteroatoms. The normalized spacial score (nSPS) is 14.2. The van der Waals surface area contributed by atoms with E-state index in [0.717, 1.165) is 109 Å². The fourth-order valence-corrected chi connectivity index (χ4v) is 7.79. The predicted octanol–water partition coefficient (Wildman–Crippen LogP) is 16.4. The van der Waals surface area contributed by atoms with E-state index >= 15 is 0 Å². The molecule has 0 rings (SSSR count). The van der Waals surface area contributed by atoms with Gasteiger partial charge < -0.3 is 27.9 Å². The Balaban J connectivity index is 3.89. The molecular weight excluding hydrogens is 894 g/mol. The molecule has 0 amide bonds. The molecule has 400 valence electrons. The summed E-state index contributed by atoms with van der Waals surface area (Å²) in [5.41, 5.74) is 0. The van der Waals surface area contributed by atoms with E-state index in [1.54, 1.807) is 0 Å². The molecule has 0 aliphatic rings. The van der Waals surface area contributed by atoms with Gasteiger partial charge in [0.1, 0.15) is 19.8 Å². The van der Waals surface area contributed by atoms with Crippen molar-refractivity contribution in [1.29, 1.82) is 0 Å². The first-order valence-corrected chi connectivity index (χ1v) is 29.1. The van der Waals surface area contributed by atoms with E-state index < -0.39 is 32.5 Å². The minimum absolute atomic E-state index is 0.0340. The van der Waals surface area contributed by atoms with Gasteiger partial charge in [-0.1, -0.05) is 220 Å². The minimum atomic E-state index is -4.62. The van der Waals surface area contributed by atoms with Crippen molar-refractivity contribution in [1.82, 2.24) is 0 Å². The van der Waals surface area contributed by atoms with Gasteiger partial charge in [-0.05, 0) is 83.5 Å². The zero-order valence-electron chi connectivity index (χ0n) is 45.2. The molecule has 0 aromatic rings. The first kappa shape index (κ1) is 66.7. The summed E-state index contributed by atoms with van der Waals surface area (Å²) in [6.07, 6.45) is 70.6. The monoisotopic (exact) mass is 996 g/mol. The SMILES string of the molecule is CC/C=C\C/C=C\C/C=C\C/C=C\C/C=C\C/C=C\C/C=C\C/C=C\C/C=C\CCCCCCCCCCCCCCCC(=O)OC(COC(=O)CCCCCCC)COP(=O)([O-])OCC[N+](C)(C)C. The maximum absolute atomic E-state index is 12.7. The number of likely N-dealkylation sites (N-methyl/N-ethyl adjacent to an activating group) is 1. The first-order valence-electron chi connectivity index (χ1n) is 27.6. The molecule has 0 aromatic heterocycles. The highest BCUT2D eigenvalue weighted by atomic mass is 31.2. The molecule has 0 radical (unpaired) electrons. The van der Waals surface area contributed by atoms with Gasteiger partial charge in [0.15, 0.2) is 6.10 Å². The second-order valence-corrected chi connectivity index (χ2v) is 20.6. The van der Waals surface area contributed by atoms with Crippen LogP contribution in [-0.2, 0) is 32.7 Å². The fraction of sp³-hybridized carbons (Fsp3) is 0.667. The van der Waals surface area contributed by atoms with E-state index in [1.807, 2.05) is 21.1 Å². The summed E-state index contributed by atoms with van der Waals surface area (Å²) in [5.74, 6) is -0.853. The number of phosphoric ester groups is 1. The Kier molecular flexibility index (Phi) is 48.2. The molecule has 0 N–H and O–H groups in total. The van der Waals surface area contributed by atoms with Gasteiger partial charge in [0.2, 0.25) is 0 Å². The van der Waals surface area contributed by atoms with Gasteiger partial charge in [0.25, 0.3) is 7.82 Å². The smallest absolute Gasteiger partial charge is 0.306 e. The van der Waals surface area contributed by atoms with Crippen LogP contribution in [0.4, 0.5) is 0 Å². The lowest BCUT2D eigenvalue weighted by Crippen LogP contribution is -2.37. The van der Waals surface area contributed by atoms with Crippen LogP contribution in [0.25, 0.3) is 0 Å². The lowest BCUT2D eigenvalue weighted by Gasteiger charge is -2.28. The molecule has 9 nitrogen and oxygen atoms in total. The largest absolute Gasteiger partial charge is 0.756 e. The number of unbranched alkanes of at least 4 members (excludes halogenated alkanes) is 17. The van der Waals surface area contributed by atoms with Gasteiger partial charge >= 0.3 is 11.9 Å². The average molecular weight is 996 g/mol. The summed E-state index contributed by atoms with van der Waals surface area (Å²) in [6.45, 7) is 4.00. The lowest BCUT2D eigenvalue weighted by molar-refractivity contribution is -0.870. The molecular formula is C60H102NO8P. The van der Waals surface area contributed by atoms with Crippen LogP contribution in [0.5, 0.6) is 0 Å². The van der Waals surface area contributed by atoms with E-state index in [-0.39, 0.29) is 26.1 Å². The number of carbonyl (C=O) groups excluding carboxylic acids is 2. The maximum Gasteiger partial charge on any atom is 0.306 e. The molecule has 0 saturated carbocycles. The first-order chi connectivity index (χ1) is 34.0. The minimum Gasteiger partial charge on any atom is -0.756 e. The zero-order valence-corrected chi connectivity index (χ0v) is 46.1. The van der Waals surface area contributed by atoms with Gasteiger partial charge in [0.05, 0.1) is 27.7 Å². The number of esters is 2. The topological polar surface area (TPSA) is 111 Å². The van der Waals surface area contributed by atoms with E-state index in [4.69, 9.17) is 18.5 Å². The number of carbonyl (C=O) groups is 2. The second kappa shape index (κ2) is 50.6. The van der Waals surface area contributed by atoms with Gasteiger partial charge in [0, 0.05) is 12.8 Å². The van der Waals surface area contributed by atoms with Crippen molar-refractivity contribution in [2.24, 2.45) is 0 Å². The van der Waals surface area contributed by atoms with Crippen LogP contribution < -0.4 is 4.89 Å². The molecule has 0 saturated heterocycles. The number of allylic oxidation sites excluding steroid dienone is 18. The van der Waals surface area contributed by atoms with E-state index in [0.29, 0.717) is 17.4 Å². The molecule has 0 aliphatic carbocycles. The Labute approximate surface area is 429 Å². The Morgan fingerprint density at radius 3 is 1.21 bits per heavy atom. The lowest BCUT2D eigenvalue weighted by atomic mass is 10.0. The third-order valence-corrected chi connectivity index (χ3v) is 12.3. The van der Waals surface area contributed by atoms with Gasteiger partial charge in [-0.2, -0.15) is 0 Å². The number of quaternary nitrogens is 1. The molecule has 0 spiro atoms. The summed E-state index contributed by atoms with van der Waals surface area (Å²) >= 11 is 0. The molecule has 0 bridgehead atoms. The van der Waals surface area contributed by atoms with Crippen molar-refractivity contribution in [3.8, 4) is 0 Å². The number of hydrogen-bond acceptors (Lipinski definition) is 8. The quantitative estimate of drug-likeness (QED) is 0.0195. The highest BCUT2D eigenvalue weighted by Gasteiger charge is 2.21. The van der Waals surface area contributed by atoms with Crippen LogP contribution in [0.3, 0.4) is 0 Å². The van der Waals surface area contributed by atoms with Crippen molar-refractivity contribution in [2.45, 2.75) is 213 Å². The summed E-state index contributed by atoms with van der Waals surface area (Å²) in [5, 5.41) is 0. The molecule has 0 aliphatic heterocycles. The third kappa shape index (κ3) is 54.0. The molecule has 0 heterocycles. The number of nitrogens with zero attached hydrogens (tertiary/aromatic N) is 1. The van der Waals surface area contributed by atoms with Crippen LogP contribution >= 0.6 is 7.82 Å². The summed E-state index contributed by atoms with van der Waals surface area (Å²) in [7, 11) is 1.15. The highest BCUT2D eigenvalue weighted by Crippen LogP contribution is 2.38. The van der Waals surface area contributed by atoms with Crippen molar-refractivity contribution in [3.63, 3.8) is 0 Å². The summed E-state index contributed by atoms with van der Waals surface area (Å²) in [6, 6.07) is 0. The number of ether oxygens (including phenoxy) is 2. The van der Waals surface area contributed by atoms with Gasteiger partial charge in [-0.3, -0.25) is 14.2 Å². The third-order valence-electron chi connectivity index (χ3n) is 11.3. The Hall–Kier alpha value is -3.33. The van der Waals surface area contributed by atoms with Crippen molar-refractivity contribution >= 4 is 19.8 Å². The van der Waals surface area contributed by atoms with E-state index in [1.165, 1.54) is 64.2 Å². The number of hydrogen-bond donors (Lipinski definition) is 0. The van der Waals surface area contributed by atoms with Crippen LogP contribution in [0, 0.1) is 0 Å². The maximum atomic E-state index is 12.7. The van der Waals surface area contributed by atoms with E-state index in [2.05, 4.69) is 123 Å². The number of phosphoric acid groups is 1.